The van der Waals surface area contributed by atoms with Gasteiger partial charge in [-0.15, -0.1) is 5.10 Å². The Morgan fingerprint density at radius 1 is 1.00 bits per heavy atom. The van der Waals surface area contributed by atoms with Crippen LogP contribution in [0.25, 0.3) is 10.9 Å². The minimum atomic E-state index is -4.39. The fourth-order valence-corrected chi connectivity index (χ4v) is 3.62. The van der Waals surface area contributed by atoms with Crippen molar-refractivity contribution in [3.63, 3.8) is 0 Å². The average Bonchev–Trinajstić information content (AvgIpc) is 2.78. The normalized spacial score (nSPS) is 14.8. The van der Waals surface area contributed by atoms with Crippen LogP contribution in [0, 0.1) is 0 Å². The highest BCUT2D eigenvalue weighted by atomic mass is 19.4. The van der Waals surface area contributed by atoms with Gasteiger partial charge in [-0.05, 0) is 30.3 Å². The highest BCUT2D eigenvalue weighted by Crippen LogP contribution is 2.31. The maximum Gasteiger partial charge on any atom is 0.416 e. The van der Waals surface area contributed by atoms with E-state index < -0.39 is 11.7 Å². The number of hydrogen-bond donors (Lipinski definition) is 0. The third-order valence-corrected chi connectivity index (χ3v) is 5.34. The number of nitrogens with zero attached hydrogens (tertiary/aromatic N) is 5. The van der Waals surface area contributed by atoms with E-state index in [-0.39, 0.29) is 24.4 Å². The summed E-state index contributed by atoms with van der Waals surface area (Å²) < 4.78 is 40.0. The molecule has 0 bridgehead atoms. The van der Waals surface area contributed by atoms with Crippen molar-refractivity contribution in [3.8, 4) is 0 Å². The number of rotatable bonds is 4. The second-order valence-electron chi connectivity index (χ2n) is 7.30. The van der Waals surface area contributed by atoms with Crippen LogP contribution in [0.5, 0.6) is 0 Å². The monoisotopic (exact) mass is 431 g/mol. The average molecular weight is 431 g/mol. The van der Waals surface area contributed by atoms with Crippen LogP contribution in [0.3, 0.4) is 0 Å². The Labute approximate surface area is 175 Å². The number of piperazine rings is 1. The van der Waals surface area contributed by atoms with Crippen LogP contribution in [0.1, 0.15) is 12.0 Å². The molecule has 2 aromatic carbocycles. The van der Waals surface area contributed by atoms with E-state index in [0.717, 1.165) is 12.1 Å². The molecule has 7 nitrogen and oxygen atoms in total. The van der Waals surface area contributed by atoms with Crippen LogP contribution < -0.4 is 10.5 Å². The molecule has 10 heteroatoms. The molecule has 2 heterocycles. The highest BCUT2D eigenvalue weighted by molar-refractivity contribution is 5.77. The number of benzene rings is 2. The largest absolute Gasteiger partial charge is 0.416 e. The second kappa shape index (κ2) is 8.37. The van der Waals surface area contributed by atoms with Crippen LogP contribution in [0.4, 0.5) is 18.9 Å². The summed E-state index contributed by atoms with van der Waals surface area (Å²) in [6, 6.07) is 12.1. The Hall–Kier alpha value is -3.43. The van der Waals surface area contributed by atoms with Gasteiger partial charge in [-0.2, -0.15) is 13.2 Å². The lowest BCUT2D eigenvalue weighted by molar-refractivity contribution is -0.137. The van der Waals surface area contributed by atoms with Crippen molar-refractivity contribution in [2.75, 3.05) is 31.1 Å². The number of carbonyl (C=O) groups excluding carboxylic acids is 1. The molecule has 3 aromatic rings. The van der Waals surface area contributed by atoms with Gasteiger partial charge < -0.3 is 9.80 Å². The molecular weight excluding hydrogens is 411 g/mol. The smallest absolute Gasteiger partial charge is 0.368 e. The summed E-state index contributed by atoms with van der Waals surface area (Å²) in [6.07, 6.45) is -4.30. The van der Waals surface area contributed by atoms with Gasteiger partial charge in [0.05, 0.1) is 17.5 Å². The number of hydrogen-bond acceptors (Lipinski definition) is 5. The van der Waals surface area contributed by atoms with E-state index in [1.807, 2.05) is 4.90 Å². The van der Waals surface area contributed by atoms with E-state index in [1.54, 1.807) is 35.2 Å². The van der Waals surface area contributed by atoms with E-state index in [1.165, 1.54) is 10.7 Å². The molecule has 31 heavy (non-hydrogen) atoms. The Morgan fingerprint density at radius 3 is 2.48 bits per heavy atom. The highest BCUT2D eigenvalue weighted by Gasteiger charge is 2.31. The zero-order valence-electron chi connectivity index (χ0n) is 16.5. The second-order valence-corrected chi connectivity index (χ2v) is 7.30. The number of alkyl halides is 3. The Bertz CT molecular complexity index is 1150. The summed E-state index contributed by atoms with van der Waals surface area (Å²) in [6.45, 7) is 1.77. The molecule has 1 amide bonds. The van der Waals surface area contributed by atoms with Gasteiger partial charge in [0.25, 0.3) is 5.56 Å². The first-order chi connectivity index (χ1) is 14.8. The van der Waals surface area contributed by atoms with Gasteiger partial charge in [-0.25, -0.2) is 4.68 Å². The van der Waals surface area contributed by atoms with Crippen molar-refractivity contribution < 1.29 is 18.0 Å². The molecule has 0 saturated carbocycles. The number of anilines is 1. The van der Waals surface area contributed by atoms with E-state index in [9.17, 15) is 22.8 Å². The van der Waals surface area contributed by atoms with Crippen molar-refractivity contribution in [1.29, 1.82) is 0 Å². The molecule has 1 aliphatic rings. The predicted octanol–water partition coefficient (Wildman–Crippen LogP) is 2.55. The number of amides is 1. The maximum atomic E-state index is 12.9. The SMILES string of the molecule is O=C(CCn1nnc2ccccc2c1=O)N1CCN(c2cccc(C(F)(F)F)c2)CC1. The van der Waals surface area contributed by atoms with E-state index in [2.05, 4.69) is 10.3 Å². The summed E-state index contributed by atoms with van der Waals surface area (Å²) in [5, 5.41) is 8.33. The van der Waals surface area contributed by atoms with Crippen molar-refractivity contribution in [1.82, 2.24) is 19.9 Å². The Morgan fingerprint density at radius 2 is 1.74 bits per heavy atom. The molecule has 4 rings (SSSR count). The summed E-state index contributed by atoms with van der Waals surface area (Å²) in [7, 11) is 0. The maximum absolute atomic E-state index is 12.9. The number of aromatic nitrogens is 3. The molecule has 0 atom stereocenters. The minimum absolute atomic E-state index is 0.0937. The molecule has 1 aromatic heterocycles. The van der Waals surface area contributed by atoms with Gasteiger partial charge >= 0.3 is 6.18 Å². The molecule has 0 spiro atoms. The number of aryl methyl sites for hydroxylation is 1. The topological polar surface area (TPSA) is 71.3 Å². The van der Waals surface area contributed by atoms with Crippen LogP contribution in [-0.4, -0.2) is 52.0 Å². The predicted molar refractivity (Wildman–Crippen MR) is 109 cm³/mol. The van der Waals surface area contributed by atoms with Crippen molar-refractivity contribution in [2.45, 2.75) is 19.1 Å². The third kappa shape index (κ3) is 4.52. The Kier molecular flexibility index (Phi) is 5.62. The van der Waals surface area contributed by atoms with Gasteiger partial charge in [0.2, 0.25) is 5.91 Å². The summed E-state index contributed by atoms with van der Waals surface area (Å²) >= 11 is 0. The minimum Gasteiger partial charge on any atom is -0.368 e. The number of carbonyl (C=O) groups is 1. The third-order valence-electron chi connectivity index (χ3n) is 5.34. The summed E-state index contributed by atoms with van der Waals surface area (Å²) in [4.78, 5) is 28.5. The van der Waals surface area contributed by atoms with Crippen LogP contribution in [0.2, 0.25) is 0 Å². The zero-order chi connectivity index (χ0) is 22.0. The van der Waals surface area contributed by atoms with Crippen molar-refractivity contribution in [3.05, 3.63) is 64.4 Å². The summed E-state index contributed by atoms with van der Waals surface area (Å²) in [5.74, 6) is -0.134. The van der Waals surface area contributed by atoms with Crippen molar-refractivity contribution >= 4 is 22.5 Å². The molecule has 0 aliphatic carbocycles. The lowest BCUT2D eigenvalue weighted by Gasteiger charge is -2.36. The molecule has 1 saturated heterocycles. The lowest BCUT2D eigenvalue weighted by Crippen LogP contribution is -2.49. The zero-order valence-corrected chi connectivity index (χ0v) is 16.5. The summed E-state index contributed by atoms with van der Waals surface area (Å²) in [5.41, 5.74) is -0.00101. The molecule has 0 radical (unpaired) electrons. The first-order valence-corrected chi connectivity index (χ1v) is 9.85. The van der Waals surface area contributed by atoms with Gasteiger partial charge in [-0.3, -0.25) is 9.59 Å². The van der Waals surface area contributed by atoms with Crippen LogP contribution >= 0.6 is 0 Å². The quantitative estimate of drug-likeness (QED) is 0.635. The standard InChI is InChI=1S/C21H20F3N5O2/c22-21(23,24)15-4-3-5-16(14-15)27-10-12-28(13-11-27)19(30)8-9-29-20(31)17-6-1-2-7-18(17)25-26-29/h1-7,14H,8-13H2. The number of halogens is 3. The molecule has 0 unspecified atom stereocenters. The van der Waals surface area contributed by atoms with E-state index >= 15 is 0 Å². The van der Waals surface area contributed by atoms with Crippen molar-refractivity contribution in [2.24, 2.45) is 0 Å². The van der Waals surface area contributed by atoms with Gasteiger partial charge in [0.15, 0.2) is 0 Å². The molecule has 162 valence electrons. The molecule has 1 aliphatic heterocycles. The Balaban J connectivity index is 1.35. The lowest BCUT2D eigenvalue weighted by atomic mass is 10.1. The van der Waals surface area contributed by atoms with E-state index in [4.69, 9.17) is 0 Å². The fraction of sp³-hybridized carbons (Fsp3) is 0.333. The molecular formula is C21H20F3N5O2. The van der Waals surface area contributed by atoms with Gasteiger partial charge in [-0.1, -0.05) is 23.4 Å². The van der Waals surface area contributed by atoms with Gasteiger partial charge in [0.1, 0.15) is 5.52 Å². The molecule has 1 fully saturated rings. The van der Waals surface area contributed by atoms with Gasteiger partial charge in [0, 0.05) is 38.3 Å². The van der Waals surface area contributed by atoms with Crippen LogP contribution in [-0.2, 0) is 17.5 Å². The first-order valence-electron chi connectivity index (χ1n) is 9.85. The van der Waals surface area contributed by atoms with Crippen LogP contribution in [0.15, 0.2) is 53.3 Å². The van der Waals surface area contributed by atoms with E-state index in [0.29, 0.717) is 42.8 Å². The fourth-order valence-electron chi connectivity index (χ4n) is 3.62. The number of fused-ring (bicyclic) bond motifs is 1. The first kappa shape index (κ1) is 20.8. The molecule has 0 N–H and O–H groups in total.